The minimum Gasteiger partial charge on any atom is -0.353 e. The molecule has 2 atom stereocenters. The molecule has 0 unspecified atom stereocenters. The van der Waals surface area contributed by atoms with Gasteiger partial charge in [0.05, 0.1) is 0 Å². The summed E-state index contributed by atoms with van der Waals surface area (Å²) in [7, 11) is 0. The molecule has 6 heteroatoms. The van der Waals surface area contributed by atoms with Crippen molar-refractivity contribution in [2.75, 3.05) is 37.6 Å². The van der Waals surface area contributed by atoms with Gasteiger partial charge in [0.2, 0.25) is 5.91 Å². The third-order valence-corrected chi connectivity index (χ3v) is 5.57. The summed E-state index contributed by atoms with van der Waals surface area (Å²) in [6.07, 6.45) is 3.24. The highest BCUT2D eigenvalue weighted by Gasteiger charge is 2.35. The maximum absolute atomic E-state index is 12.8. The lowest BCUT2D eigenvalue weighted by molar-refractivity contribution is -0.136. The van der Waals surface area contributed by atoms with Crippen molar-refractivity contribution in [2.24, 2.45) is 17.6 Å². The van der Waals surface area contributed by atoms with Crippen LogP contribution in [0.4, 0.5) is 5.82 Å². The summed E-state index contributed by atoms with van der Waals surface area (Å²) in [5.41, 5.74) is 6.85. The van der Waals surface area contributed by atoms with E-state index in [0.29, 0.717) is 24.3 Å². The van der Waals surface area contributed by atoms with Gasteiger partial charge in [0.25, 0.3) is 0 Å². The first-order valence-corrected chi connectivity index (χ1v) is 9.59. The molecule has 0 aromatic carbocycles. The molecule has 3 rings (SSSR count). The fourth-order valence-corrected chi connectivity index (χ4v) is 4.03. The van der Waals surface area contributed by atoms with E-state index in [1.165, 1.54) is 0 Å². The van der Waals surface area contributed by atoms with E-state index < -0.39 is 0 Å². The second kappa shape index (κ2) is 7.68. The molecule has 25 heavy (non-hydrogen) atoms. The largest absolute Gasteiger partial charge is 0.353 e. The summed E-state index contributed by atoms with van der Waals surface area (Å²) in [6, 6.07) is 2.05. The molecular formula is C19H31N5O. The number of amides is 1. The summed E-state index contributed by atoms with van der Waals surface area (Å²) >= 11 is 0. The van der Waals surface area contributed by atoms with Crippen LogP contribution >= 0.6 is 0 Å². The summed E-state index contributed by atoms with van der Waals surface area (Å²) in [4.78, 5) is 26.4. The third kappa shape index (κ3) is 3.94. The Morgan fingerprint density at radius 1 is 1.24 bits per heavy atom. The second-order valence-corrected chi connectivity index (χ2v) is 7.73. The number of anilines is 1. The molecule has 1 aliphatic carbocycles. The van der Waals surface area contributed by atoms with Gasteiger partial charge in [-0.3, -0.25) is 4.79 Å². The van der Waals surface area contributed by atoms with Crippen molar-refractivity contribution >= 4 is 11.7 Å². The molecule has 1 aliphatic heterocycles. The number of hydrogen-bond donors (Lipinski definition) is 1. The monoisotopic (exact) mass is 345 g/mol. The zero-order valence-electron chi connectivity index (χ0n) is 15.7. The van der Waals surface area contributed by atoms with Crippen LogP contribution in [-0.2, 0) is 4.79 Å². The zero-order valence-corrected chi connectivity index (χ0v) is 15.7. The number of carbonyl (C=O) groups is 1. The predicted molar refractivity (Wildman–Crippen MR) is 99.5 cm³/mol. The van der Waals surface area contributed by atoms with Crippen LogP contribution in [0.3, 0.4) is 0 Å². The molecule has 1 saturated heterocycles. The molecule has 1 aromatic rings. The molecule has 0 bridgehead atoms. The van der Waals surface area contributed by atoms with Crippen LogP contribution < -0.4 is 10.6 Å². The van der Waals surface area contributed by atoms with Crippen molar-refractivity contribution in [1.29, 1.82) is 0 Å². The molecular weight excluding hydrogens is 314 g/mol. The fourth-order valence-electron chi connectivity index (χ4n) is 4.03. The van der Waals surface area contributed by atoms with Crippen LogP contribution in [0, 0.1) is 18.8 Å². The summed E-state index contributed by atoms with van der Waals surface area (Å²) in [5, 5.41) is 0. The fraction of sp³-hybridized carbons (Fsp3) is 0.737. The summed E-state index contributed by atoms with van der Waals surface area (Å²) in [5.74, 6) is 3.04. The normalized spacial score (nSPS) is 24.2. The molecule has 138 valence electrons. The van der Waals surface area contributed by atoms with E-state index in [0.717, 1.165) is 62.8 Å². The molecule has 1 saturated carbocycles. The highest BCUT2D eigenvalue weighted by atomic mass is 16.2. The predicted octanol–water partition coefficient (Wildman–Crippen LogP) is 1.93. The number of nitrogens with two attached hydrogens (primary N) is 1. The Labute approximate surface area is 150 Å². The Bertz CT molecular complexity index is 610. The standard InChI is InChI=1S/C19H31N5O/c1-13(2)18-21-14(3)11-17(22-18)23-7-9-24(10-8-23)19(25)16-6-4-5-15(16)12-20/h11,13,15-16H,4-10,12,20H2,1-3H3/t15-,16-/m1/s1. The molecule has 0 radical (unpaired) electrons. The first-order valence-electron chi connectivity index (χ1n) is 9.59. The minimum absolute atomic E-state index is 0.144. The van der Waals surface area contributed by atoms with Gasteiger partial charge in [0, 0.05) is 49.8 Å². The van der Waals surface area contributed by atoms with E-state index >= 15 is 0 Å². The Balaban J connectivity index is 1.63. The number of aromatic nitrogens is 2. The van der Waals surface area contributed by atoms with Gasteiger partial charge in [-0.15, -0.1) is 0 Å². The Morgan fingerprint density at radius 2 is 1.96 bits per heavy atom. The highest BCUT2D eigenvalue weighted by Crippen LogP contribution is 2.32. The average molecular weight is 345 g/mol. The van der Waals surface area contributed by atoms with Crippen LogP contribution in [0.1, 0.15) is 50.5 Å². The molecule has 1 aromatic heterocycles. The SMILES string of the molecule is Cc1cc(N2CCN(C(=O)[C@@H]3CCC[C@@H]3CN)CC2)nc(C(C)C)n1. The third-order valence-electron chi connectivity index (χ3n) is 5.57. The van der Waals surface area contributed by atoms with E-state index in [4.69, 9.17) is 10.7 Å². The number of hydrogen-bond acceptors (Lipinski definition) is 5. The van der Waals surface area contributed by atoms with E-state index in [1.807, 2.05) is 17.9 Å². The number of aryl methyl sites for hydroxylation is 1. The average Bonchev–Trinajstić information content (AvgIpc) is 3.09. The lowest BCUT2D eigenvalue weighted by Crippen LogP contribution is -2.51. The van der Waals surface area contributed by atoms with Gasteiger partial charge in [-0.25, -0.2) is 9.97 Å². The molecule has 1 amide bonds. The molecule has 0 spiro atoms. The van der Waals surface area contributed by atoms with Crippen molar-refractivity contribution < 1.29 is 4.79 Å². The van der Waals surface area contributed by atoms with Crippen LogP contribution in [-0.4, -0.2) is 53.5 Å². The molecule has 2 fully saturated rings. The lowest BCUT2D eigenvalue weighted by Gasteiger charge is -2.37. The Kier molecular flexibility index (Phi) is 5.57. The number of carbonyl (C=O) groups excluding carboxylic acids is 1. The number of rotatable bonds is 4. The lowest BCUT2D eigenvalue weighted by atomic mass is 9.94. The zero-order chi connectivity index (χ0) is 18.0. The number of nitrogens with zero attached hydrogens (tertiary/aromatic N) is 4. The number of piperazine rings is 1. The van der Waals surface area contributed by atoms with Gasteiger partial charge < -0.3 is 15.5 Å². The molecule has 2 N–H and O–H groups in total. The minimum atomic E-state index is 0.144. The molecule has 2 heterocycles. The van der Waals surface area contributed by atoms with Gasteiger partial charge in [-0.05, 0) is 32.2 Å². The van der Waals surface area contributed by atoms with Crippen molar-refractivity contribution in [3.05, 3.63) is 17.6 Å². The van der Waals surface area contributed by atoms with Crippen molar-refractivity contribution in [2.45, 2.75) is 46.0 Å². The van der Waals surface area contributed by atoms with Crippen LogP contribution in [0.2, 0.25) is 0 Å². The Morgan fingerprint density at radius 3 is 2.60 bits per heavy atom. The Hall–Kier alpha value is -1.69. The van der Waals surface area contributed by atoms with Crippen LogP contribution in [0.5, 0.6) is 0 Å². The molecule has 2 aliphatic rings. The quantitative estimate of drug-likeness (QED) is 0.902. The van der Waals surface area contributed by atoms with Crippen LogP contribution in [0.25, 0.3) is 0 Å². The topological polar surface area (TPSA) is 75.3 Å². The van der Waals surface area contributed by atoms with E-state index in [1.54, 1.807) is 0 Å². The van der Waals surface area contributed by atoms with E-state index in [-0.39, 0.29) is 5.92 Å². The summed E-state index contributed by atoms with van der Waals surface area (Å²) < 4.78 is 0. The van der Waals surface area contributed by atoms with Crippen molar-refractivity contribution in [3.8, 4) is 0 Å². The van der Waals surface area contributed by atoms with Crippen LogP contribution in [0.15, 0.2) is 6.07 Å². The van der Waals surface area contributed by atoms with Gasteiger partial charge in [-0.1, -0.05) is 20.3 Å². The first-order chi connectivity index (χ1) is 12.0. The maximum atomic E-state index is 12.8. The maximum Gasteiger partial charge on any atom is 0.226 e. The van der Waals surface area contributed by atoms with E-state index in [2.05, 4.69) is 23.7 Å². The highest BCUT2D eigenvalue weighted by molar-refractivity contribution is 5.79. The second-order valence-electron chi connectivity index (χ2n) is 7.73. The van der Waals surface area contributed by atoms with Crippen molar-refractivity contribution in [1.82, 2.24) is 14.9 Å². The summed E-state index contributed by atoms with van der Waals surface area (Å²) in [6.45, 7) is 10.1. The van der Waals surface area contributed by atoms with Gasteiger partial charge in [0.1, 0.15) is 11.6 Å². The van der Waals surface area contributed by atoms with Crippen molar-refractivity contribution in [3.63, 3.8) is 0 Å². The van der Waals surface area contributed by atoms with Gasteiger partial charge in [0.15, 0.2) is 0 Å². The van der Waals surface area contributed by atoms with Gasteiger partial charge in [-0.2, -0.15) is 0 Å². The smallest absolute Gasteiger partial charge is 0.226 e. The first kappa shape index (κ1) is 18.1. The van der Waals surface area contributed by atoms with Gasteiger partial charge >= 0.3 is 0 Å². The van der Waals surface area contributed by atoms with E-state index in [9.17, 15) is 4.79 Å². The molecule has 6 nitrogen and oxygen atoms in total.